The summed E-state index contributed by atoms with van der Waals surface area (Å²) in [6.45, 7) is 4.28. The van der Waals surface area contributed by atoms with Gasteiger partial charge in [0.25, 0.3) is 0 Å². The van der Waals surface area contributed by atoms with Gasteiger partial charge in [-0.15, -0.1) is 0 Å². The Morgan fingerprint density at radius 2 is 1.94 bits per heavy atom. The number of hydrogen-bond donors (Lipinski definition) is 1. The highest BCUT2D eigenvalue weighted by Gasteiger charge is 2.07. The number of rotatable bonds is 6. The van der Waals surface area contributed by atoms with E-state index in [2.05, 4.69) is 0 Å². The molecule has 1 atom stereocenters. The van der Waals surface area contributed by atoms with Crippen molar-refractivity contribution in [2.24, 2.45) is 0 Å². The number of benzene rings is 1. The second kappa shape index (κ2) is 6.51. The molecule has 1 N–H and O–H groups in total. The standard InChI is InChI=1S/C12H16O4S/c1-9(2)16-7-8-17(15)11-5-3-10(4-6-11)12(13)14/h3-6,9H,7-8H2,1-2H3,(H,13,14). The summed E-state index contributed by atoms with van der Waals surface area (Å²) >= 11 is 0. The van der Waals surface area contributed by atoms with Crippen LogP contribution in [0.25, 0.3) is 0 Å². The minimum absolute atomic E-state index is 0.126. The molecule has 0 aromatic heterocycles. The smallest absolute Gasteiger partial charge is 0.335 e. The molecular weight excluding hydrogens is 240 g/mol. The van der Waals surface area contributed by atoms with Crippen molar-refractivity contribution in [3.05, 3.63) is 29.8 Å². The number of hydrogen-bond acceptors (Lipinski definition) is 3. The fourth-order valence-corrected chi connectivity index (χ4v) is 2.15. The lowest BCUT2D eigenvalue weighted by Crippen LogP contribution is -2.11. The second-order valence-electron chi connectivity index (χ2n) is 3.80. The molecule has 5 heteroatoms. The molecule has 1 rings (SSSR count). The highest BCUT2D eigenvalue weighted by Crippen LogP contribution is 2.09. The predicted molar refractivity (Wildman–Crippen MR) is 65.8 cm³/mol. The van der Waals surface area contributed by atoms with Crippen LogP contribution < -0.4 is 0 Å². The first kappa shape index (κ1) is 13.9. The molecule has 4 nitrogen and oxygen atoms in total. The average Bonchev–Trinajstić information content (AvgIpc) is 2.28. The van der Waals surface area contributed by atoms with Crippen molar-refractivity contribution in [3.8, 4) is 0 Å². The van der Waals surface area contributed by atoms with Crippen molar-refractivity contribution >= 4 is 16.8 Å². The summed E-state index contributed by atoms with van der Waals surface area (Å²) in [5, 5.41) is 8.72. The van der Waals surface area contributed by atoms with E-state index in [9.17, 15) is 9.00 Å². The van der Waals surface area contributed by atoms with E-state index in [-0.39, 0.29) is 11.7 Å². The van der Waals surface area contributed by atoms with Gasteiger partial charge in [0.15, 0.2) is 0 Å². The summed E-state index contributed by atoms with van der Waals surface area (Å²) < 4.78 is 17.1. The summed E-state index contributed by atoms with van der Waals surface area (Å²) in [6.07, 6.45) is 0.126. The molecule has 0 saturated heterocycles. The molecule has 17 heavy (non-hydrogen) atoms. The third kappa shape index (κ3) is 4.66. The molecule has 0 amide bonds. The lowest BCUT2D eigenvalue weighted by Gasteiger charge is -2.07. The number of carbonyl (C=O) groups is 1. The maximum Gasteiger partial charge on any atom is 0.335 e. The molecule has 0 bridgehead atoms. The number of aromatic carboxylic acids is 1. The van der Waals surface area contributed by atoms with Gasteiger partial charge in [-0.2, -0.15) is 0 Å². The maximum atomic E-state index is 11.8. The summed E-state index contributed by atoms with van der Waals surface area (Å²) in [4.78, 5) is 11.3. The Hall–Kier alpha value is -1.20. The van der Waals surface area contributed by atoms with Crippen LogP contribution >= 0.6 is 0 Å². The zero-order chi connectivity index (χ0) is 12.8. The first-order valence-corrected chi connectivity index (χ1v) is 6.66. The van der Waals surface area contributed by atoms with Gasteiger partial charge in [0.2, 0.25) is 0 Å². The lowest BCUT2D eigenvalue weighted by molar-refractivity contribution is 0.0696. The van der Waals surface area contributed by atoms with Gasteiger partial charge in [0, 0.05) is 4.90 Å². The molecule has 0 aliphatic heterocycles. The van der Waals surface area contributed by atoms with Crippen LogP contribution in [0.3, 0.4) is 0 Å². The molecule has 0 heterocycles. The Balaban J connectivity index is 2.55. The fourth-order valence-electron chi connectivity index (χ4n) is 1.23. The van der Waals surface area contributed by atoms with E-state index in [0.29, 0.717) is 17.3 Å². The third-order valence-electron chi connectivity index (χ3n) is 2.08. The normalized spacial score (nSPS) is 12.6. The first-order chi connectivity index (χ1) is 8.00. The molecule has 0 radical (unpaired) electrons. The van der Waals surface area contributed by atoms with E-state index in [1.807, 2.05) is 13.8 Å². The molecule has 1 aromatic carbocycles. The van der Waals surface area contributed by atoms with Gasteiger partial charge >= 0.3 is 5.97 Å². The second-order valence-corrected chi connectivity index (χ2v) is 5.37. The van der Waals surface area contributed by atoms with Crippen molar-refractivity contribution in [3.63, 3.8) is 0 Å². The minimum atomic E-state index is -1.14. The lowest BCUT2D eigenvalue weighted by atomic mass is 10.2. The van der Waals surface area contributed by atoms with Gasteiger partial charge in [0.05, 0.1) is 34.8 Å². The van der Waals surface area contributed by atoms with E-state index in [1.165, 1.54) is 12.1 Å². The number of carboxylic acid groups (broad SMARTS) is 1. The van der Waals surface area contributed by atoms with Crippen LogP contribution in [0.1, 0.15) is 24.2 Å². The Labute approximate surface area is 103 Å². The molecule has 0 aliphatic rings. The van der Waals surface area contributed by atoms with E-state index < -0.39 is 16.8 Å². The quantitative estimate of drug-likeness (QED) is 0.844. The monoisotopic (exact) mass is 256 g/mol. The number of carboxylic acids is 1. The van der Waals surface area contributed by atoms with Gasteiger partial charge < -0.3 is 9.84 Å². The molecule has 1 unspecified atom stereocenters. The zero-order valence-corrected chi connectivity index (χ0v) is 10.7. The van der Waals surface area contributed by atoms with Crippen LogP contribution in [0.2, 0.25) is 0 Å². The molecule has 0 fully saturated rings. The summed E-state index contributed by atoms with van der Waals surface area (Å²) in [7, 11) is -1.14. The topological polar surface area (TPSA) is 63.6 Å². The molecule has 0 spiro atoms. The minimum Gasteiger partial charge on any atom is -0.478 e. The molecular formula is C12H16O4S. The van der Waals surface area contributed by atoms with Crippen molar-refractivity contribution in [1.82, 2.24) is 0 Å². The summed E-state index contributed by atoms with van der Waals surface area (Å²) in [5.74, 6) is -0.560. The summed E-state index contributed by atoms with van der Waals surface area (Å²) in [5.41, 5.74) is 0.198. The molecule has 1 aromatic rings. The van der Waals surface area contributed by atoms with Crippen molar-refractivity contribution in [2.75, 3.05) is 12.4 Å². The van der Waals surface area contributed by atoms with Gasteiger partial charge in [-0.05, 0) is 38.1 Å². The van der Waals surface area contributed by atoms with E-state index in [1.54, 1.807) is 12.1 Å². The van der Waals surface area contributed by atoms with Crippen LogP contribution in [0, 0.1) is 0 Å². The van der Waals surface area contributed by atoms with Crippen LogP contribution in [0.5, 0.6) is 0 Å². The Morgan fingerprint density at radius 3 is 2.41 bits per heavy atom. The Kier molecular flexibility index (Phi) is 5.31. The van der Waals surface area contributed by atoms with Gasteiger partial charge in [0.1, 0.15) is 0 Å². The Morgan fingerprint density at radius 1 is 1.35 bits per heavy atom. The van der Waals surface area contributed by atoms with Crippen LogP contribution in [-0.2, 0) is 15.5 Å². The molecule has 0 aliphatic carbocycles. The largest absolute Gasteiger partial charge is 0.478 e. The number of ether oxygens (including phenoxy) is 1. The van der Waals surface area contributed by atoms with Crippen LogP contribution in [0.15, 0.2) is 29.2 Å². The van der Waals surface area contributed by atoms with E-state index in [4.69, 9.17) is 9.84 Å². The van der Waals surface area contributed by atoms with E-state index >= 15 is 0 Å². The van der Waals surface area contributed by atoms with Crippen LogP contribution in [0.4, 0.5) is 0 Å². The van der Waals surface area contributed by atoms with Gasteiger partial charge in [-0.3, -0.25) is 4.21 Å². The van der Waals surface area contributed by atoms with Crippen molar-refractivity contribution in [1.29, 1.82) is 0 Å². The molecule has 0 saturated carbocycles. The Bertz CT molecular complexity index is 397. The SMILES string of the molecule is CC(C)OCCS(=O)c1ccc(C(=O)O)cc1. The highest BCUT2D eigenvalue weighted by molar-refractivity contribution is 7.85. The highest BCUT2D eigenvalue weighted by atomic mass is 32.2. The zero-order valence-electron chi connectivity index (χ0n) is 9.88. The van der Waals surface area contributed by atoms with Gasteiger partial charge in [-0.25, -0.2) is 4.79 Å². The molecule has 94 valence electrons. The van der Waals surface area contributed by atoms with Crippen molar-refractivity contribution < 1.29 is 18.8 Å². The third-order valence-corrected chi connectivity index (χ3v) is 3.42. The summed E-state index contributed by atoms with van der Waals surface area (Å²) in [6, 6.07) is 6.07. The maximum absolute atomic E-state index is 11.8. The first-order valence-electron chi connectivity index (χ1n) is 5.34. The van der Waals surface area contributed by atoms with Gasteiger partial charge in [-0.1, -0.05) is 0 Å². The average molecular weight is 256 g/mol. The fraction of sp³-hybridized carbons (Fsp3) is 0.417. The predicted octanol–water partition coefficient (Wildman–Crippen LogP) is 1.92. The van der Waals surface area contributed by atoms with Crippen LogP contribution in [-0.4, -0.2) is 33.7 Å². The van der Waals surface area contributed by atoms with Crippen molar-refractivity contribution in [2.45, 2.75) is 24.8 Å². The van der Waals surface area contributed by atoms with E-state index in [0.717, 1.165) is 0 Å².